The number of halogens is 2. The van der Waals surface area contributed by atoms with Gasteiger partial charge in [0.05, 0.1) is 0 Å². The van der Waals surface area contributed by atoms with E-state index in [1.54, 1.807) is 0 Å². The van der Waals surface area contributed by atoms with Crippen LogP contribution in [-0.2, 0) is 0 Å². The van der Waals surface area contributed by atoms with E-state index in [9.17, 15) is 0 Å². The number of nitrogens with two attached hydrogens (primary N) is 1. The Hall–Kier alpha value is -0.320. The molecule has 5 heteroatoms. The molecule has 110 valence electrons. The molecule has 1 atom stereocenters. The van der Waals surface area contributed by atoms with Gasteiger partial charge in [0.15, 0.2) is 0 Å². The highest BCUT2D eigenvalue weighted by Gasteiger charge is 2.33. The molecular weight excluding hydrogens is 293 g/mol. The summed E-state index contributed by atoms with van der Waals surface area (Å²) in [5.41, 5.74) is 7.06. The SMILES string of the molecule is NCC(c1cc(Cl)ccc1Cl)N1CCN(C2CC2)CC1. The Labute approximate surface area is 130 Å². The molecule has 1 saturated carbocycles. The molecule has 2 N–H and O–H groups in total. The number of piperazine rings is 1. The van der Waals surface area contributed by atoms with Crippen molar-refractivity contribution in [2.24, 2.45) is 5.73 Å². The van der Waals surface area contributed by atoms with Gasteiger partial charge in [-0.05, 0) is 36.6 Å². The Morgan fingerprint density at radius 3 is 2.45 bits per heavy atom. The van der Waals surface area contributed by atoms with Gasteiger partial charge in [0.1, 0.15) is 0 Å². The zero-order valence-electron chi connectivity index (χ0n) is 11.6. The van der Waals surface area contributed by atoms with Crippen LogP contribution >= 0.6 is 23.2 Å². The molecule has 1 unspecified atom stereocenters. The first-order valence-corrected chi connectivity index (χ1v) is 8.07. The van der Waals surface area contributed by atoms with Crippen LogP contribution in [-0.4, -0.2) is 48.6 Å². The quantitative estimate of drug-likeness (QED) is 0.927. The molecule has 1 aromatic rings. The van der Waals surface area contributed by atoms with Gasteiger partial charge in [-0.15, -0.1) is 0 Å². The molecule has 2 aliphatic rings. The average molecular weight is 314 g/mol. The summed E-state index contributed by atoms with van der Waals surface area (Å²) < 4.78 is 0. The summed E-state index contributed by atoms with van der Waals surface area (Å²) in [6.45, 7) is 4.96. The largest absolute Gasteiger partial charge is 0.329 e. The first-order chi connectivity index (χ1) is 9.69. The van der Waals surface area contributed by atoms with Crippen molar-refractivity contribution in [3.05, 3.63) is 33.8 Å². The molecule has 0 bridgehead atoms. The molecular formula is C15H21Cl2N3. The summed E-state index contributed by atoms with van der Waals surface area (Å²) in [5, 5.41) is 1.48. The minimum atomic E-state index is 0.169. The molecule has 1 aliphatic carbocycles. The maximum Gasteiger partial charge on any atom is 0.0486 e. The van der Waals surface area contributed by atoms with Crippen molar-refractivity contribution < 1.29 is 0 Å². The van der Waals surface area contributed by atoms with Gasteiger partial charge >= 0.3 is 0 Å². The Morgan fingerprint density at radius 2 is 1.85 bits per heavy atom. The Morgan fingerprint density at radius 1 is 1.15 bits per heavy atom. The zero-order chi connectivity index (χ0) is 14.1. The van der Waals surface area contributed by atoms with Gasteiger partial charge in [0.2, 0.25) is 0 Å². The van der Waals surface area contributed by atoms with Crippen LogP contribution in [0.1, 0.15) is 24.4 Å². The summed E-state index contributed by atoms with van der Waals surface area (Å²) in [7, 11) is 0. The van der Waals surface area contributed by atoms with Crippen LogP contribution < -0.4 is 5.73 Å². The molecule has 3 rings (SSSR count). The smallest absolute Gasteiger partial charge is 0.0486 e. The number of hydrogen-bond acceptors (Lipinski definition) is 3. The molecule has 1 aliphatic heterocycles. The van der Waals surface area contributed by atoms with Crippen molar-refractivity contribution in [3.8, 4) is 0 Å². The topological polar surface area (TPSA) is 32.5 Å². The highest BCUT2D eigenvalue weighted by Crippen LogP contribution is 2.32. The van der Waals surface area contributed by atoms with Crippen LogP contribution in [0.15, 0.2) is 18.2 Å². The van der Waals surface area contributed by atoms with E-state index in [4.69, 9.17) is 28.9 Å². The molecule has 20 heavy (non-hydrogen) atoms. The molecule has 0 aromatic heterocycles. The molecule has 1 aromatic carbocycles. The minimum Gasteiger partial charge on any atom is -0.329 e. The zero-order valence-corrected chi connectivity index (χ0v) is 13.1. The maximum atomic E-state index is 6.33. The molecule has 1 heterocycles. The lowest BCUT2D eigenvalue weighted by Crippen LogP contribution is -2.49. The fraction of sp³-hybridized carbons (Fsp3) is 0.600. The minimum absolute atomic E-state index is 0.169. The lowest BCUT2D eigenvalue weighted by atomic mass is 10.0. The van der Waals surface area contributed by atoms with E-state index in [1.807, 2.05) is 18.2 Å². The Kier molecular flexibility index (Phi) is 4.53. The van der Waals surface area contributed by atoms with E-state index in [1.165, 1.54) is 12.8 Å². The molecule has 0 amide bonds. The number of hydrogen-bond donors (Lipinski definition) is 1. The van der Waals surface area contributed by atoms with Gasteiger partial charge in [0, 0.05) is 54.9 Å². The molecule has 2 fully saturated rings. The van der Waals surface area contributed by atoms with Crippen molar-refractivity contribution in [1.82, 2.24) is 9.80 Å². The third kappa shape index (κ3) is 3.12. The summed E-state index contributed by atoms with van der Waals surface area (Å²) in [6.07, 6.45) is 2.75. The second kappa shape index (κ2) is 6.20. The fourth-order valence-corrected chi connectivity index (χ4v) is 3.52. The van der Waals surface area contributed by atoms with E-state index < -0.39 is 0 Å². The Balaban J connectivity index is 1.71. The van der Waals surface area contributed by atoms with Crippen LogP contribution in [0.3, 0.4) is 0 Å². The summed E-state index contributed by atoms with van der Waals surface area (Å²) >= 11 is 12.4. The van der Waals surface area contributed by atoms with E-state index in [0.29, 0.717) is 6.54 Å². The van der Waals surface area contributed by atoms with Crippen LogP contribution in [0.2, 0.25) is 10.0 Å². The van der Waals surface area contributed by atoms with Gasteiger partial charge < -0.3 is 5.73 Å². The van der Waals surface area contributed by atoms with E-state index in [2.05, 4.69) is 9.80 Å². The summed E-state index contributed by atoms with van der Waals surface area (Å²) in [5.74, 6) is 0. The van der Waals surface area contributed by atoms with Crippen LogP contribution in [0.5, 0.6) is 0 Å². The third-order valence-corrected chi connectivity index (χ3v) is 4.97. The molecule has 3 nitrogen and oxygen atoms in total. The first kappa shape index (κ1) is 14.6. The van der Waals surface area contributed by atoms with Gasteiger partial charge in [0.25, 0.3) is 0 Å². The number of benzene rings is 1. The summed E-state index contributed by atoms with van der Waals surface area (Å²) in [4.78, 5) is 5.04. The van der Waals surface area contributed by atoms with E-state index in [-0.39, 0.29) is 6.04 Å². The molecule has 0 radical (unpaired) electrons. The monoisotopic (exact) mass is 313 g/mol. The van der Waals surface area contributed by atoms with Crippen LogP contribution in [0.25, 0.3) is 0 Å². The predicted octanol–water partition coefficient (Wildman–Crippen LogP) is 2.77. The number of nitrogens with zero attached hydrogens (tertiary/aromatic N) is 2. The van der Waals surface area contributed by atoms with E-state index >= 15 is 0 Å². The van der Waals surface area contributed by atoms with Gasteiger partial charge in [-0.1, -0.05) is 23.2 Å². The average Bonchev–Trinajstić information content (AvgIpc) is 3.29. The van der Waals surface area contributed by atoms with Crippen LogP contribution in [0, 0.1) is 0 Å². The molecule has 1 saturated heterocycles. The van der Waals surface area contributed by atoms with Gasteiger partial charge in [-0.2, -0.15) is 0 Å². The third-order valence-electron chi connectivity index (χ3n) is 4.39. The van der Waals surface area contributed by atoms with Crippen molar-refractivity contribution >= 4 is 23.2 Å². The highest BCUT2D eigenvalue weighted by molar-refractivity contribution is 6.33. The molecule has 0 spiro atoms. The van der Waals surface area contributed by atoms with E-state index in [0.717, 1.165) is 47.8 Å². The van der Waals surface area contributed by atoms with Crippen molar-refractivity contribution in [3.63, 3.8) is 0 Å². The van der Waals surface area contributed by atoms with Gasteiger partial charge in [-0.3, -0.25) is 9.80 Å². The normalized spacial score (nSPS) is 22.9. The standard InChI is InChI=1S/C15H21Cl2N3/c16-11-1-4-14(17)13(9-11)15(10-18)20-7-5-19(6-8-20)12-2-3-12/h1,4,9,12,15H,2-3,5-8,10,18H2. The highest BCUT2D eigenvalue weighted by atomic mass is 35.5. The lowest BCUT2D eigenvalue weighted by molar-refractivity contribution is 0.0938. The van der Waals surface area contributed by atoms with Crippen LogP contribution in [0.4, 0.5) is 0 Å². The van der Waals surface area contributed by atoms with Crippen molar-refractivity contribution in [1.29, 1.82) is 0 Å². The van der Waals surface area contributed by atoms with Crippen molar-refractivity contribution in [2.45, 2.75) is 24.9 Å². The summed E-state index contributed by atoms with van der Waals surface area (Å²) in [6, 6.07) is 6.66. The predicted molar refractivity (Wildman–Crippen MR) is 84.4 cm³/mol. The fourth-order valence-electron chi connectivity index (χ4n) is 3.10. The Bertz CT molecular complexity index is 468. The second-order valence-electron chi connectivity index (χ2n) is 5.72. The second-order valence-corrected chi connectivity index (χ2v) is 6.56. The number of rotatable bonds is 4. The van der Waals surface area contributed by atoms with Gasteiger partial charge in [-0.25, -0.2) is 0 Å². The maximum absolute atomic E-state index is 6.33. The van der Waals surface area contributed by atoms with Crippen molar-refractivity contribution in [2.75, 3.05) is 32.7 Å². The lowest BCUT2D eigenvalue weighted by Gasteiger charge is -2.39. The first-order valence-electron chi connectivity index (χ1n) is 7.32.